The molecule has 5 nitrogen and oxygen atoms in total. The molecule has 0 amide bonds. The zero-order valence-corrected chi connectivity index (χ0v) is 16.7. The predicted octanol–water partition coefficient (Wildman–Crippen LogP) is 3.82. The van der Waals surface area contributed by atoms with E-state index in [1.54, 1.807) is 7.11 Å². The highest BCUT2D eigenvalue weighted by atomic mass is 16.5. The first-order valence-corrected chi connectivity index (χ1v) is 9.50. The number of ether oxygens (including phenoxy) is 2. The molecule has 3 aromatic rings. The molecular formula is C23H25NO4. The molecule has 0 saturated carbocycles. The van der Waals surface area contributed by atoms with E-state index in [0.717, 1.165) is 44.8 Å². The lowest BCUT2D eigenvalue weighted by Crippen LogP contribution is -2.32. The van der Waals surface area contributed by atoms with Crippen molar-refractivity contribution in [1.82, 2.24) is 4.57 Å². The summed E-state index contributed by atoms with van der Waals surface area (Å²) in [7, 11) is 3.65. The number of ketones is 1. The van der Waals surface area contributed by atoms with Crippen LogP contribution in [0, 0.1) is 0 Å². The van der Waals surface area contributed by atoms with Crippen molar-refractivity contribution in [3.63, 3.8) is 0 Å². The highest BCUT2D eigenvalue weighted by molar-refractivity contribution is 6.20. The summed E-state index contributed by atoms with van der Waals surface area (Å²) in [5.74, 6) is 1.53. The van der Waals surface area contributed by atoms with Gasteiger partial charge in [-0.25, -0.2) is 0 Å². The summed E-state index contributed by atoms with van der Waals surface area (Å²) in [6.07, 6.45) is 0.578. The number of aromatic nitrogens is 1. The number of benzene rings is 2. The predicted molar refractivity (Wildman–Crippen MR) is 109 cm³/mol. The SMILES string of the molecule is COc1ccc2c3c(n(C)c2c1)C(C)(C)c1cc(OCCCO)ccc1C3=O. The average molecular weight is 379 g/mol. The van der Waals surface area contributed by atoms with Crippen molar-refractivity contribution < 1.29 is 19.4 Å². The van der Waals surface area contributed by atoms with E-state index >= 15 is 0 Å². The number of aliphatic hydroxyl groups excluding tert-OH is 1. The van der Waals surface area contributed by atoms with E-state index in [1.807, 2.05) is 43.4 Å². The molecule has 5 heteroatoms. The second-order valence-electron chi connectivity index (χ2n) is 7.75. The van der Waals surface area contributed by atoms with Crippen molar-refractivity contribution in [2.24, 2.45) is 7.05 Å². The number of aliphatic hydroxyl groups is 1. The lowest BCUT2D eigenvalue weighted by molar-refractivity contribution is 0.103. The van der Waals surface area contributed by atoms with Gasteiger partial charge in [0.25, 0.3) is 0 Å². The van der Waals surface area contributed by atoms with Crippen LogP contribution in [0.4, 0.5) is 0 Å². The minimum Gasteiger partial charge on any atom is -0.497 e. The molecule has 1 aromatic heterocycles. The van der Waals surface area contributed by atoms with E-state index in [1.165, 1.54) is 0 Å². The molecule has 1 N–H and O–H groups in total. The first kappa shape index (κ1) is 18.6. The summed E-state index contributed by atoms with van der Waals surface area (Å²) in [6.45, 7) is 4.83. The van der Waals surface area contributed by atoms with Gasteiger partial charge in [0.15, 0.2) is 5.78 Å². The number of rotatable bonds is 5. The fraction of sp³-hybridized carbons (Fsp3) is 0.348. The van der Waals surface area contributed by atoms with E-state index < -0.39 is 0 Å². The number of nitrogens with zero attached hydrogens (tertiary/aromatic N) is 1. The van der Waals surface area contributed by atoms with E-state index in [4.69, 9.17) is 14.6 Å². The van der Waals surface area contributed by atoms with Crippen molar-refractivity contribution in [2.75, 3.05) is 20.3 Å². The Morgan fingerprint density at radius 2 is 1.86 bits per heavy atom. The van der Waals surface area contributed by atoms with Gasteiger partial charge in [0, 0.05) is 48.2 Å². The van der Waals surface area contributed by atoms with E-state index in [2.05, 4.69) is 18.4 Å². The van der Waals surface area contributed by atoms with Crippen molar-refractivity contribution in [2.45, 2.75) is 25.7 Å². The van der Waals surface area contributed by atoms with Gasteiger partial charge in [0.2, 0.25) is 0 Å². The quantitative estimate of drug-likeness (QED) is 0.685. The van der Waals surface area contributed by atoms with Crippen LogP contribution in [-0.2, 0) is 12.5 Å². The molecule has 0 bridgehead atoms. The average Bonchev–Trinajstić information content (AvgIpc) is 2.99. The van der Waals surface area contributed by atoms with Crippen LogP contribution >= 0.6 is 0 Å². The maximum atomic E-state index is 13.4. The standard InChI is InChI=1S/C23H25NO4/c1-23(2)18-12-15(28-11-5-10-25)7-8-16(18)21(26)20-17-9-6-14(27-4)13-19(17)24(3)22(20)23/h6-9,12-13,25H,5,10-11H2,1-4H3. The monoisotopic (exact) mass is 379 g/mol. The molecule has 0 atom stereocenters. The summed E-state index contributed by atoms with van der Waals surface area (Å²) < 4.78 is 13.2. The highest BCUT2D eigenvalue weighted by Gasteiger charge is 2.41. The van der Waals surface area contributed by atoms with Crippen LogP contribution in [0.5, 0.6) is 11.5 Å². The summed E-state index contributed by atoms with van der Waals surface area (Å²) in [5, 5.41) is 9.91. The molecule has 0 unspecified atom stereocenters. The molecule has 0 radical (unpaired) electrons. The van der Waals surface area contributed by atoms with Gasteiger partial charge in [-0.15, -0.1) is 0 Å². The molecule has 2 aromatic carbocycles. The Kier molecular flexibility index (Phi) is 4.42. The number of carbonyl (C=O) groups is 1. The Labute approximate surface area is 164 Å². The molecule has 0 saturated heterocycles. The molecule has 1 heterocycles. The molecular weight excluding hydrogens is 354 g/mol. The Balaban J connectivity index is 1.90. The smallest absolute Gasteiger partial charge is 0.195 e. The molecule has 1 aliphatic rings. The Bertz CT molecular complexity index is 1080. The number of methoxy groups -OCH3 is 1. The molecule has 0 spiro atoms. The van der Waals surface area contributed by atoms with Crippen LogP contribution in [0.25, 0.3) is 10.9 Å². The minimum absolute atomic E-state index is 0.0435. The maximum Gasteiger partial charge on any atom is 0.195 e. The van der Waals surface area contributed by atoms with Crippen LogP contribution in [-0.4, -0.2) is 35.8 Å². The van der Waals surface area contributed by atoms with Crippen molar-refractivity contribution >= 4 is 16.7 Å². The first-order chi connectivity index (χ1) is 13.4. The second-order valence-corrected chi connectivity index (χ2v) is 7.75. The van der Waals surface area contributed by atoms with Crippen LogP contribution in [0.1, 0.15) is 47.4 Å². The van der Waals surface area contributed by atoms with Gasteiger partial charge < -0.3 is 19.1 Å². The van der Waals surface area contributed by atoms with Crippen LogP contribution < -0.4 is 9.47 Å². The molecule has 0 fully saturated rings. The Hall–Kier alpha value is -2.79. The fourth-order valence-electron chi connectivity index (χ4n) is 4.35. The van der Waals surface area contributed by atoms with Gasteiger partial charge in [0.1, 0.15) is 11.5 Å². The molecule has 146 valence electrons. The highest BCUT2D eigenvalue weighted by Crippen LogP contribution is 2.46. The van der Waals surface area contributed by atoms with Gasteiger partial charge in [0.05, 0.1) is 24.8 Å². The van der Waals surface area contributed by atoms with Crippen LogP contribution in [0.2, 0.25) is 0 Å². The van der Waals surface area contributed by atoms with Crippen LogP contribution in [0.3, 0.4) is 0 Å². The van der Waals surface area contributed by atoms with Gasteiger partial charge in [-0.05, 0) is 35.9 Å². The zero-order valence-electron chi connectivity index (χ0n) is 16.7. The normalized spacial score (nSPS) is 14.7. The summed E-state index contributed by atoms with van der Waals surface area (Å²) in [5.41, 5.74) is 4.07. The van der Waals surface area contributed by atoms with Crippen LogP contribution in [0.15, 0.2) is 36.4 Å². The summed E-state index contributed by atoms with van der Waals surface area (Å²) in [6, 6.07) is 11.5. The molecule has 4 rings (SSSR count). The third-order valence-corrected chi connectivity index (χ3v) is 5.71. The topological polar surface area (TPSA) is 60.7 Å². The van der Waals surface area contributed by atoms with E-state index in [9.17, 15) is 4.79 Å². The Morgan fingerprint density at radius 3 is 2.57 bits per heavy atom. The maximum absolute atomic E-state index is 13.4. The molecule has 1 aliphatic carbocycles. The number of fused-ring (bicyclic) bond motifs is 4. The summed E-state index contributed by atoms with van der Waals surface area (Å²) >= 11 is 0. The summed E-state index contributed by atoms with van der Waals surface area (Å²) in [4.78, 5) is 13.4. The fourth-order valence-corrected chi connectivity index (χ4v) is 4.35. The van der Waals surface area contributed by atoms with Crippen molar-refractivity contribution in [1.29, 1.82) is 0 Å². The number of hydrogen-bond acceptors (Lipinski definition) is 4. The third-order valence-electron chi connectivity index (χ3n) is 5.71. The zero-order chi connectivity index (χ0) is 20.1. The lowest BCUT2D eigenvalue weighted by Gasteiger charge is -2.33. The van der Waals surface area contributed by atoms with Gasteiger partial charge in [-0.2, -0.15) is 0 Å². The first-order valence-electron chi connectivity index (χ1n) is 9.50. The van der Waals surface area contributed by atoms with Gasteiger partial charge in [-0.1, -0.05) is 13.8 Å². The van der Waals surface area contributed by atoms with Crippen molar-refractivity contribution in [3.05, 3.63) is 58.8 Å². The Morgan fingerprint density at radius 1 is 1.11 bits per heavy atom. The van der Waals surface area contributed by atoms with E-state index in [-0.39, 0.29) is 17.8 Å². The number of hydrogen-bond donors (Lipinski definition) is 1. The third kappa shape index (κ3) is 2.61. The van der Waals surface area contributed by atoms with E-state index in [0.29, 0.717) is 13.0 Å². The van der Waals surface area contributed by atoms with Gasteiger partial charge >= 0.3 is 0 Å². The molecule has 28 heavy (non-hydrogen) atoms. The van der Waals surface area contributed by atoms with Crippen molar-refractivity contribution in [3.8, 4) is 11.5 Å². The minimum atomic E-state index is -0.365. The number of aryl methyl sites for hydroxylation is 1. The molecule has 0 aliphatic heterocycles. The van der Waals surface area contributed by atoms with Gasteiger partial charge in [-0.3, -0.25) is 4.79 Å². The number of carbonyl (C=O) groups excluding carboxylic acids is 1. The lowest BCUT2D eigenvalue weighted by atomic mass is 9.71. The largest absolute Gasteiger partial charge is 0.497 e. The second kappa shape index (κ2) is 6.67.